The van der Waals surface area contributed by atoms with Crippen LogP contribution in [0.5, 0.6) is 0 Å². The van der Waals surface area contributed by atoms with E-state index in [-0.39, 0.29) is 23.0 Å². The second-order valence-electron chi connectivity index (χ2n) is 7.63. The van der Waals surface area contributed by atoms with Crippen LogP contribution in [0.2, 0.25) is 0 Å². The van der Waals surface area contributed by atoms with Crippen LogP contribution in [0.4, 0.5) is 0 Å². The molecule has 4 rings (SSSR count). The number of carbonyl (C=O) groups is 2. The molecule has 2 aromatic heterocycles. The van der Waals surface area contributed by atoms with Crippen LogP contribution in [0.15, 0.2) is 4.42 Å². The first kappa shape index (κ1) is 16.2. The van der Waals surface area contributed by atoms with Gasteiger partial charge < -0.3 is 9.21 Å². The number of carbonyl (C=O) groups excluding carboxylic acids is 2. The minimum atomic E-state index is -0.543. The van der Waals surface area contributed by atoms with Gasteiger partial charge in [-0.1, -0.05) is 13.8 Å². The highest BCUT2D eigenvalue weighted by Gasteiger charge is 2.53. The molecule has 2 aliphatic rings. The Kier molecular flexibility index (Phi) is 3.46. The largest absolute Gasteiger partial charge is 0.420 e. The number of Topliss-reactive ketones (excluding diaryl/α,β-unsaturated/α-hetero) is 1. The van der Waals surface area contributed by atoms with Gasteiger partial charge in [0.15, 0.2) is 0 Å². The first-order chi connectivity index (χ1) is 11.9. The van der Waals surface area contributed by atoms with Crippen molar-refractivity contribution < 1.29 is 14.0 Å². The van der Waals surface area contributed by atoms with Crippen LogP contribution in [0.1, 0.15) is 43.8 Å². The molecule has 2 heterocycles. The van der Waals surface area contributed by atoms with Gasteiger partial charge in [-0.05, 0) is 25.2 Å². The van der Waals surface area contributed by atoms with Gasteiger partial charge in [0.25, 0.3) is 5.89 Å². The average molecular weight is 342 g/mol. The summed E-state index contributed by atoms with van der Waals surface area (Å²) in [7, 11) is 1.88. The lowest BCUT2D eigenvalue weighted by Gasteiger charge is -2.48. The highest BCUT2D eigenvalue weighted by Crippen LogP contribution is 2.53. The Morgan fingerprint density at radius 3 is 2.76 bits per heavy atom. The van der Waals surface area contributed by atoms with E-state index in [1.165, 1.54) is 0 Å². The van der Waals surface area contributed by atoms with E-state index in [1.54, 1.807) is 11.6 Å². The van der Waals surface area contributed by atoms with Gasteiger partial charge in [-0.2, -0.15) is 5.10 Å². The molecule has 2 aliphatic carbocycles. The molecule has 0 aliphatic heterocycles. The quantitative estimate of drug-likeness (QED) is 0.612. The van der Waals surface area contributed by atoms with Gasteiger partial charge >= 0.3 is 0 Å². The minimum absolute atomic E-state index is 0.0737. The van der Waals surface area contributed by atoms with E-state index >= 15 is 0 Å². The minimum Gasteiger partial charge on any atom is -0.420 e. The van der Waals surface area contributed by atoms with Crippen molar-refractivity contribution in [1.29, 1.82) is 0 Å². The van der Waals surface area contributed by atoms with Crippen LogP contribution in [0, 0.1) is 24.7 Å². The molecule has 7 nitrogen and oxygen atoms in total. The van der Waals surface area contributed by atoms with Crippen LogP contribution >= 0.6 is 0 Å². The Bertz CT molecular complexity index is 868. The van der Waals surface area contributed by atoms with Crippen molar-refractivity contribution in [2.24, 2.45) is 24.8 Å². The van der Waals surface area contributed by atoms with E-state index in [0.29, 0.717) is 18.2 Å². The normalized spacial score (nSPS) is 31.5. The van der Waals surface area contributed by atoms with Crippen molar-refractivity contribution in [3.05, 3.63) is 17.1 Å². The van der Waals surface area contributed by atoms with Crippen molar-refractivity contribution in [2.45, 2.75) is 45.4 Å². The second-order valence-corrected chi connectivity index (χ2v) is 7.63. The predicted octanol–water partition coefficient (Wildman–Crippen LogP) is 2.02. The molecule has 132 valence electrons. The lowest BCUT2D eigenvalue weighted by atomic mass is 9.54. The fraction of sp³-hybridized carbons (Fsp3) is 0.611. The molecule has 0 aromatic carbocycles. The maximum atomic E-state index is 12.5. The summed E-state index contributed by atoms with van der Waals surface area (Å²) < 4.78 is 7.42. The number of aryl methyl sites for hydroxylation is 2. The monoisotopic (exact) mass is 342 g/mol. The van der Waals surface area contributed by atoms with Crippen LogP contribution < -0.4 is 0 Å². The van der Waals surface area contributed by atoms with Gasteiger partial charge in [-0.15, -0.1) is 10.2 Å². The topological polar surface area (TPSA) is 90.9 Å². The van der Waals surface area contributed by atoms with Gasteiger partial charge in [0.1, 0.15) is 17.8 Å². The molecule has 7 heteroatoms. The number of aldehydes is 1. The van der Waals surface area contributed by atoms with Gasteiger partial charge in [0, 0.05) is 30.9 Å². The molecule has 0 bridgehead atoms. The van der Waals surface area contributed by atoms with Gasteiger partial charge in [0.2, 0.25) is 5.89 Å². The summed E-state index contributed by atoms with van der Waals surface area (Å²) >= 11 is 0. The lowest BCUT2D eigenvalue weighted by Crippen LogP contribution is -2.51. The van der Waals surface area contributed by atoms with E-state index in [0.717, 1.165) is 36.1 Å². The van der Waals surface area contributed by atoms with Crippen LogP contribution in [0.3, 0.4) is 0 Å². The van der Waals surface area contributed by atoms with Crippen LogP contribution in [-0.4, -0.2) is 32.0 Å². The molecule has 2 aromatic rings. The molecule has 0 saturated heterocycles. The van der Waals surface area contributed by atoms with Gasteiger partial charge in [-0.3, -0.25) is 9.48 Å². The van der Waals surface area contributed by atoms with Crippen LogP contribution in [-0.2, 0) is 28.5 Å². The Morgan fingerprint density at radius 1 is 1.36 bits per heavy atom. The molecule has 25 heavy (non-hydrogen) atoms. The van der Waals surface area contributed by atoms with Crippen molar-refractivity contribution in [1.82, 2.24) is 20.0 Å². The summed E-state index contributed by atoms with van der Waals surface area (Å²) in [6.07, 6.45) is 3.05. The van der Waals surface area contributed by atoms with Crippen LogP contribution in [0.25, 0.3) is 11.6 Å². The second kappa shape index (κ2) is 5.34. The van der Waals surface area contributed by atoms with Gasteiger partial charge in [-0.25, -0.2) is 0 Å². The van der Waals surface area contributed by atoms with E-state index < -0.39 is 5.92 Å². The average Bonchev–Trinajstić information content (AvgIpc) is 3.14. The molecule has 0 N–H and O–H groups in total. The molecule has 0 radical (unpaired) electrons. The first-order valence-electron chi connectivity index (χ1n) is 8.72. The summed E-state index contributed by atoms with van der Waals surface area (Å²) in [5, 5.41) is 12.9. The zero-order valence-corrected chi connectivity index (χ0v) is 14.9. The predicted molar refractivity (Wildman–Crippen MR) is 88.7 cm³/mol. The summed E-state index contributed by atoms with van der Waals surface area (Å²) in [4.78, 5) is 23.9. The number of ketones is 1. The molecule has 0 amide bonds. The third kappa shape index (κ3) is 2.14. The van der Waals surface area contributed by atoms with E-state index in [9.17, 15) is 9.59 Å². The number of fused-ring (bicyclic) bond motifs is 3. The fourth-order valence-corrected chi connectivity index (χ4v) is 4.98. The third-order valence-electron chi connectivity index (χ3n) is 6.16. The summed E-state index contributed by atoms with van der Waals surface area (Å²) in [5.74, 6) is 0.599. The standard InChI is InChI=1S/C18H22N4O3/c1-9-13-6-5-12-14(17-20-19-10(2)25-17)22(4)21-16(12)18(13,3)7-11(8-23)15(9)24/h8-9,11,13H,5-7H2,1-4H3/t9-,11?,13-,18-/m0/s1. The summed E-state index contributed by atoms with van der Waals surface area (Å²) in [6, 6.07) is 0. The maximum Gasteiger partial charge on any atom is 0.266 e. The van der Waals surface area contributed by atoms with Crippen molar-refractivity contribution in [2.75, 3.05) is 0 Å². The number of rotatable bonds is 2. The lowest BCUT2D eigenvalue weighted by molar-refractivity contribution is -0.137. The molecule has 4 atom stereocenters. The fourth-order valence-electron chi connectivity index (χ4n) is 4.98. The van der Waals surface area contributed by atoms with Crippen molar-refractivity contribution >= 4 is 12.1 Å². The van der Waals surface area contributed by atoms with Crippen molar-refractivity contribution in [3.8, 4) is 11.6 Å². The van der Waals surface area contributed by atoms with E-state index in [1.807, 2.05) is 14.0 Å². The smallest absolute Gasteiger partial charge is 0.266 e. The molecular formula is C18H22N4O3. The Morgan fingerprint density at radius 2 is 2.12 bits per heavy atom. The van der Waals surface area contributed by atoms with E-state index in [2.05, 4.69) is 17.1 Å². The maximum absolute atomic E-state index is 12.5. The number of hydrogen-bond donors (Lipinski definition) is 0. The summed E-state index contributed by atoms with van der Waals surface area (Å²) in [5.41, 5.74) is 2.64. The SMILES string of the molecule is Cc1nnc(-c2c3c(nn2C)[C@@]2(C)CC(C=O)C(=O)[C@@H](C)[C@@H]2CC3)o1. The number of hydrogen-bond acceptors (Lipinski definition) is 6. The van der Waals surface area contributed by atoms with Gasteiger partial charge in [0.05, 0.1) is 11.6 Å². The number of aromatic nitrogens is 4. The highest BCUT2D eigenvalue weighted by molar-refractivity contribution is 5.96. The first-order valence-corrected chi connectivity index (χ1v) is 8.72. The Balaban J connectivity index is 1.86. The zero-order chi connectivity index (χ0) is 17.9. The Hall–Kier alpha value is -2.31. The third-order valence-corrected chi connectivity index (χ3v) is 6.16. The molecule has 1 unspecified atom stereocenters. The van der Waals surface area contributed by atoms with E-state index in [4.69, 9.17) is 9.52 Å². The number of nitrogens with zero attached hydrogens (tertiary/aromatic N) is 4. The van der Waals surface area contributed by atoms with Crippen molar-refractivity contribution in [3.63, 3.8) is 0 Å². The highest BCUT2D eigenvalue weighted by atomic mass is 16.4. The zero-order valence-electron chi connectivity index (χ0n) is 14.9. The molecule has 1 fully saturated rings. The molecule has 1 saturated carbocycles. The molecular weight excluding hydrogens is 320 g/mol. The Labute approximate surface area is 145 Å². The summed E-state index contributed by atoms with van der Waals surface area (Å²) in [6.45, 7) is 5.86. The molecule has 0 spiro atoms.